The molecule has 8 nitrogen and oxygen atoms in total. The summed E-state index contributed by atoms with van der Waals surface area (Å²) in [5.74, 6) is -1.46. The van der Waals surface area contributed by atoms with Gasteiger partial charge < -0.3 is 14.7 Å². The van der Waals surface area contributed by atoms with Gasteiger partial charge in [-0.2, -0.15) is 0 Å². The van der Waals surface area contributed by atoms with Gasteiger partial charge in [-0.25, -0.2) is 17.9 Å². The molecule has 1 aliphatic carbocycles. The van der Waals surface area contributed by atoms with Gasteiger partial charge in [-0.3, -0.25) is 4.79 Å². The number of carboxylic acids is 1. The molecule has 1 amide bonds. The molecule has 1 heterocycles. The van der Waals surface area contributed by atoms with Crippen LogP contribution >= 0.6 is 0 Å². The Morgan fingerprint density at radius 2 is 1.84 bits per heavy atom. The van der Waals surface area contributed by atoms with Crippen LogP contribution in [0.2, 0.25) is 0 Å². The highest BCUT2D eigenvalue weighted by Gasteiger charge is 2.33. The smallest absolute Gasteiger partial charge is 0.334 e. The third-order valence-corrected chi connectivity index (χ3v) is 5.67. The number of aliphatic carboxylic acids is 1. The number of hydrogen-bond donors (Lipinski definition) is 2. The first-order valence-corrected chi connectivity index (χ1v) is 9.54. The number of sulfonamides is 1. The average molecular weight is 368 g/mol. The van der Waals surface area contributed by atoms with Crippen molar-refractivity contribution in [2.24, 2.45) is 0 Å². The second-order valence-corrected chi connectivity index (χ2v) is 8.12. The molecule has 1 aromatic rings. The topological polar surface area (TPSA) is 113 Å². The quantitative estimate of drug-likeness (QED) is 0.780. The van der Waals surface area contributed by atoms with E-state index in [9.17, 15) is 18.0 Å². The number of ether oxygens (including phenoxy) is 1. The summed E-state index contributed by atoms with van der Waals surface area (Å²) in [6.45, 7) is 1.95. The zero-order valence-electron chi connectivity index (χ0n) is 13.7. The van der Waals surface area contributed by atoms with Crippen molar-refractivity contribution in [3.8, 4) is 0 Å². The Morgan fingerprint density at radius 3 is 2.40 bits per heavy atom. The minimum atomic E-state index is -3.57. The standard InChI is InChI=1S/C16H20N2O6S/c1-10-8-18(9-14(24-10)16(20)21)15(19)11-2-6-13(7-3-11)25(22,23)17-12-4-5-12/h2-3,6-7,10,12,14,17H,4-5,8-9H2,1H3,(H,20,21)/t10-,14?/m1/s1. The summed E-state index contributed by atoms with van der Waals surface area (Å²) >= 11 is 0. The summed E-state index contributed by atoms with van der Waals surface area (Å²) in [5.41, 5.74) is 0.309. The van der Waals surface area contributed by atoms with Gasteiger partial charge in [0, 0.05) is 18.2 Å². The fraction of sp³-hybridized carbons (Fsp3) is 0.500. The second kappa shape index (κ2) is 6.74. The van der Waals surface area contributed by atoms with Gasteiger partial charge in [0.2, 0.25) is 10.0 Å². The number of nitrogens with zero attached hydrogens (tertiary/aromatic N) is 1. The van der Waals surface area contributed by atoms with E-state index in [2.05, 4.69) is 4.72 Å². The fourth-order valence-electron chi connectivity index (χ4n) is 2.70. The predicted molar refractivity (Wildman–Crippen MR) is 87.7 cm³/mol. The van der Waals surface area contributed by atoms with Crippen molar-refractivity contribution in [1.29, 1.82) is 0 Å². The Kier molecular flexibility index (Phi) is 4.81. The Labute approximate surface area is 145 Å². The molecular weight excluding hydrogens is 348 g/mol. The summed E-state index contributed by atoms with van der Waals surface area (Å²) in [4.78, 5) is 25.2. The van der Waals surface area contributed by atoms with Crippen LogP contribution in [0.5, 0.6) is 0 Å². The zero-order chi connectivity index (χ0) is 18.2. The van der Waals surface area contributed by atoms with E-state index in [0.717, 1.165) is 12.8 Å². The molecule has 2 N–H and O–H groups in total. The highest BCUT2D eigenvalue weighted by atomic mass is 32.2. The maximum absolute atomic E-state index is 12.6. The summed E-state index contributed by atoms with van der Waals surface area (Å²) in [5, 5.41) is 9.09. The van der Waals surface area contributed by atoms with E-state index in [4.69, 9.17) is 9.84 Å². The minimum Gasteiger partial charge on any atom is -0.479 e. The molecule has 1 unspecified atom stereocenters. The molecule has 2 aliphatic rings. The van der Waals surface area contributed by atoms with Crippen LogP contribution in [0.15, 0.2) is 29.2 Å². The first kappa shape index (κ1) is 17.8. The van der Waals surface area contributed by atoms with Crippen LogP contribution < -0.4 is 4.72 Å². The predicted octanol–water partition coefficient (Wildman–Crippen LogP) is 0.441. The lowest BCUT2D eigenvalue weighted by Gasteiger charge is -2.35. The Balaban J connectivity index is 1.73. The van der Waals surface area contributed by atoms with Crippen LogP contribution in [0.3, 0.4) is 0 Å². The van der Waals surface area contributed by atoms with Crippen LogP contribution in [0, 0.1) is 0 Å². The van der Waals surface area contributed by atoms with Crippen molar-refractivity contribution in [1.82, 2.24) is 9.62 Å². The van der Waals surface area contributed by atoms with Crippen LogP contribution in [0.4, 0.5) is 0 Å². The van der Waals surface area contributed by atoms with E-state index < -0.39 is 22.1 Å². The molecule has 0 radical (unpaired) electrons. The van der Waals surface area contributed by atoms with E-state index in [1.165, 1.54) is 29.2 Å². The van der Waals surface area contributed by atoms with Gasteiger partial charge in [0.05, 0.1) is 17.5 Å². The lowest BCUT2D eigenvalue weighted by Crippen LogP contribution is -2.51. The van der Waals surface area contributed by atoms with Gasteiger partial charge in [0.25, 0.3) is 5.91 Å². The third kappa shape index (κ3) is 4.17. The summed E-state index contributed by atoms with van der Waals surface area (Å²) in [6.07, 6.45) is 0.238. The van der Waals surface area contributed by atoms with E-state index in [0.29, 0.717) is 5.56 Å². The van der Waals surface area contributed by atoms with Crippen molar-refractivity contribution < 1.29 is 27.9 Å². The number of rotatable bonds is 5. The van der Waals surface area contributed by atoms with Gasteiger partial charge in [-0.1, -0.05) is 0 Å². The normalized spacial score (nSPS) is 24.1. The van der Waals surface area contributed by atoms with Crippen LogP contribution in [-0.4, -0.2) is 61.6 Å². The summed E-state index contributed by atoms with van der Waals surface area (Å²) < 4.78 is 32.1. The summed E-state index contributed by atoms with van der Waals surface area (Å²) in [6, 6.07) is 5.67. The largest absolute Gasteiger partial charge is 0.479 e. The third-order valence-electron chi connectivity index (χ3n) is 4.13. The number of benzene rings is 1. The second-order valence-electron chi connectivity index (χ2n) is 6.40. The molecule has 0 spiro atoms. The SMILES string of the molecule is C[C@@H]1CN(C(=O)c2ccc(S(=O)(=O)NC3CC3)cc2)CC(C(=O)O)O1. The van der Waals surface area contributed by atoms with E-state index in [-0.39, 0.29) is 36.0 Å². The van der Waals surface area contributed by atoms with Gasteiger partial charge in [-0.05, 0) is 44.0 Å². The molecule has 9 heteroatoms. The fourth-order valence-corrected chi connectivity index (χ4v) is 4.01. The number of nitrogens with one attached hydrogen (secondary N) is 1. The number of carboxylic acid groups (broad SMARTS) is 1. The molecule has 2 atom stereocenters. The van der Waals surface area contributed by atoms with Gasteiger partial charge >= 0.3 is 5.97 Å². The average Bonchev–Trinajstić information content (AvgIpc) is 3.37. The Hall–Kier alpha value is -1.97. The number of amides is 1. The molecular formula is C16H20N2O6S. The van der Waals surface area contributed by atoms with Crippen molar-refractivity contribution >= 4 is 21.9 Å². The van der Waals surface area contributed by atoms with E-state index in [1.807, 2.05) is 0 Å². The molecule has 1 aliphatic heterocycles. The zero-order valence-corrected chi connectivity index (χ0v) is 14.5. The highest BCUT2D eigenvalue weighted by molar-refractivity contribution is 7.89. The highest BCUT2D eigenvalue weighted by Crippen LogP contribution is 2.22. The van der Waals surface area contributed by atoms with Crippen molar-refractivity contribution in [3.63, 3.8) is 0 Å². The van der Waals surface area contributed by atoms with Gasteiger partial charge in [-0.15, -0.1) is 0 Å². The molecule has 25 heavy (non-hydrogen) atoms. The maximum Gasteiger partial charge on any atom is 0.334 e. The monoisotopic (exact) mass is 368 g/mol. The van der Waals surface area contributed by atoms with Gasteiger partial charge in [0.15, 0.2) is 6.10 Å². The number of carbonyl (C=O) groups is 2. The molecule has 0 aromatic heterocycles. The molecule has 2 fully saturated rings. The van der Waals surface area contributed by atoms with Crippen LogP contribution in [0.1, 0.15) is 30.1 Å². The molecule has 1 saturated carbocycles. The number of morpholine rings is 1. The first-order valence-electron chi connectivity index (χ1n) is 8.06. The minimum absolute atomic E-state index is 0.00842. The first-order chi connectivity index (χ1) is 11.8. The van der Waals surface area contributed by atoms with Crippen LogP contribution in [-0.2, 0) is 19.6 Å². The van der Waals surface area contributed by atoms with Gasteiger partial charge in [0.1, 0.15) is 0 Å². The Bertz CT molecular complexity index is 772. The lowest BCUT2D eigenvalue weighted by atomic mass is 10.1. The number of carbonyl (C=O) groups excluding carboxylic acids is 1. The lowest BCUT2D eigenvalue weighted by molar-refractivity contribution is -0.160. The van der Waals surface area contributed by atoms with E-state index >= 15 is 0 Å². The number of hydrogen-bond acceptors (Lipinski definition) is 5. The summed E-state index contributed by atoms with van der Waals surface area (Å²) in [7, 11) is -3.57. The van der Waals surface area contributed by atoms with Crippen molar-refractivity contribution in [2.75, 3.05) is 13.1 Å². The van der Waals surface area contributed by atoms with Crippen LogP contribution in [0.25, 0.3) is 0 Å². The van der Waals surface area contributed by atoms with Crippen molar-refractivity contribution in [2.45, 2.75) is 42.9 Å². The molecule has 0 bridgehead atoms. The molecule has 1 aromatic carbocycles. The molecule has 3 rings (SSSR count). The van der Waals surface area contributed by atoms with E-state index in [1.54, 1.807) is 6.92 Å². The Morgan fingerprint density at radius 1 is 1.20 bits per heavy atom. The maximum atomic E-state index is 12.6. The molecule has 1 saturated heterocycles. The van der Waals surface area contributed by atoms with Crippen molar-refractivity contribution in [3.05, 3.63) is 29.8 Å². The molecule has 136 valence electrons.